The van der Waals surface area contributed by atoms with Crippen molar-refractivity contribution in [2.75, 3.05) is 5.75 Å². The van der Waals surface area contributed by atoms with Crippen LogP contribution in [0.2, 0.25) is 0 Å². The Morgan fingerprint density at radius 1 is 1.71 bits per heavy atom. The van der Waals surface area contributed by atoms with Crippen LogP contribution in [0.4, 0.5) is 8.78 Å². The second-order valence-electron chi connectivity index (χ2n) is 0.879. The van der Waals surface area contributed by atoms with Crippen molar-refractivity contribution < 1.29 is 8.78 Å². The van der Waals surface area contributed by atoms with Crippen molar-refractivity contribution in [3.8, 4) is 0 Å². The van der Waals surface area contributed by atoms with Crippen LogP contribution in [0, 0.1) is 0 Å². The highest BCUT2D eigenvalue weighted by molar-refractivity contribution is 9.11. The summed E-state index contributed by atoms with van der Waals surface area (Å²) in [6.07, 6.45) is 0. The minimum atomic E-state index is -2.72. The maximum absolute atomic E-state index is 11.6. The van der Waals surface area contributed by atoms with Gasteiger partial charge in [-0.05, 0) is 5.75 Å². The van der Waals surface area contributed by atoms with Crippen LogP contribution in [-0.4, -0.2) is 9.92 Å². The zero-order valence-corrected chi connectivity index (χ0v) is 6.15. The Morgan fingerprint density at radius 2 is 2.14 bits per heavy atom. The molecule has 0 aromatic rings. The Kier molecular flexibility index (Phi) is 3.15. The number of alkyl halides is 3. The monoisotopic (exact) mass is 190 g/mol. The highest BCUT2D eigenvalue weighted by atomic mass is 79.9. The van der Waals surface area contributed by atoms with Gasteiger partial charge in [-0.1, -0.05) is 18.7 Å². The Hall–Kier alpha value is 0.690. The fourth-order valence-corrected chi connectivity index (χ4v) is 1.18. The highest BCUT2D eigenvalue weighted by Gasteiger charge is 2.22. The summed E-state index contributed by atoms with van der Waals surface area (Å²) in [6, 6.07) is 0. The van der Waals surface area contributed by atoms with E-state index in [1.165, 1.54) is 0 Å². The standard InChI is InChI=1S/C3H5BrF2S/c1-2-7-3(4,5)6/h2H2,1H3. The molecule has 0 bridgehead atoms. The third-order valence-corrected chi connectivity index (χ3v) is 1.61. The molecule has 0 radical (unpaired) electrons. The number of rotatable bonds is 2. The molecule has 0 nitrogen and oxygen atoms in total. The number of thioether (sulfide) groups is 1. The molecule has 0 aromatic heterocycles. The Bertz CT molecular complexity index is 51.4. The first-order chi connectivity index (χ1) is 3.06. The van der Waals surface area contributed by atoms with E-state index in [2.05, 4.69) is 15.9 Å². The summed E-state index contributed by atoms with van der Waals surface area (Å²) < 4.78 is 20.5. The van der Waals surface area contributed by atoms with Gasteiger partial charge in [0.15, 0.2) is 0 Å². The fraction of sp³-hybridized carbons (Fsp3) is 1.00. The van der Waals surface area contributed by atoms with Crippen molar-refractivity contribution in [3.63, 3.8) is 0 Å². The van der Waals surface area contributed by atoms with Crippen LogP contribution in [0.3, 0.4) is 0 Å². The van der Waals surface area contributed by atoms with Gasteiger partial charge >= 0.3 is 4.16 Å². The minimum Gasteiger partial charge on any atom is -0.182 e. The molecule has 0 unspecified atom stereocenters. The lowest BCUT2D eigenvalue weighted by Gasteiger charge is -2.02. The molecule has 44 valence electrons. The van der Waals surface area contributed by atoms with Crippen molar-refractivity contribution in [2.24, 2.45) is 0 Å². The van der Waals surface area contributed by atoms with E-state index in [0.717, 1.165) is 0 Å². The van der Waals surface area contributed by atoms with Crippen molar-refractivity contribution in [1.82, 2.24) is 0 Å². The van der Waals surface area contributed by atoms with E-state index in [4.69, 9.17) is 0 Å². The molecule has 0 heterocycles. The van der Waals surface area contributed by atoms with Gasteiger partial charge in [-0.25, -0.2) is 0 Å². The lowest BCUT2D eigenvalue weighted by atomic mass is 11.0. The summed E-state index contributed by atoms with van der Waals surface area (Å²) >= 11 is 2.74. The van der Waals surface area contributed by atoms with E-state index < -0.39 is 4.16 Å². The second kappa shape index (κ2) is 2.87. The van der Waals surface area contributed by atoms with Gasteiger partial charge in [0, 0.05) is 15.9 Å². The normalized spacial score (nSPS) is 12.0. The highest BCUT2D eigenvalue weighted by Crippen LogP contribution is 2.34. The zero-order chi connectivity index (χ0) is 5.91. The molecule has 0 aromatic carbocycles. The SMILES string of the molecule is CCSC(F)(F)Br. The lowest BCUT2D eigenvalue weighted by molar-refractivity contribution is 0.221. The van der Waals surface area contributed by atoms with Gasteiger partial charge < -0.3 is 0 Å². The molecular formula is C3H5BrF2S. The molecular weight excluding hydrogens is 186 g/mol. The van der Waals surface area contributed by atoms with Gasteiger partial charge in [0.1, 0.15) is 0 Å². The molecule has 0 aliphatic carbocycles. The molecule has 0 spiro atoms. The molecule has 0 aliphatic rings. The first kappa shape index (κ1) is 7.69. The van der Waals surface area contributed by atoms with Gasteiger partial charge in [0.25, 0.3) is 0 Å². The van der Waals surface area contributed by atoms with Crippen molar-refractivity contribution in [3.05, 3.63) is 0 Å². The van der Waals surface area contributed by atoms with Crippen LogP contribution < -0.4 is 0 Å². The average molecular weight is 191 g/mol. The number of hydrogen-bond donors (Lipinski definition) is 0. The summed E-state index contributed by atoms with van der Waals surface area (Å²) in [6.45, 7) is 1.68. The van der Waals surface area contributed by atoms with Crippen molar-refractivity contribution in [1.29, 1.82) is 0 Å². The summed E-state index contributed by atoms with van der Waals surface area (Å²) in [4.78, 5) is 0. The van der Waals surface area contributed by atoms with Gasteiger partial charge in [0.05, 0.1) is 0 Å². The van der Waals surface area contributed by atoms with E-state index in [-0.39, 0.29) is 0 Å². The van der Waals surface area contributed by atoms with Crippen LogP contribution in [0.1, 0.15) is 6.92 Å². The van der Waals surface area contributed by atoms with Crippen LogP contribution in [0.5, 0.6) is 0 Å². The quantitative estimate of drug-likeness (QED) is 0.604. The molecule has 4 heteroatoms. The maximum Gasteiger partial charge on any atom is 0.348 e. The molecule has 0 rings (SSSR count). The number of halogens is 3. The van der Waals surface area contributed by atoms with E-state index in [0.29, 0.717) is 17.5 Å². The molecule has 0 N–H and O–H groups in total. The Morgan fingerprint density at radius 3 is 2.14 bits per heavy atom. The van der Waals surface area contributed by atoms with Crippen molar-refractivity contribution in [2.45, 2.75) is 11.1 Å². The number of hydrogen-bond acceptors (Lipinski definition) is 1. The second-order valence-corrected chi connectivity index (χ2v) is 3.78. The molecule has 0 aliphatic heterocycles. The van der Waals surface area contributed by atoms with Gasteiger partial charge in [-0.3, -0.25) is 0 Å². The Balaban J connectivity index is 3.15. The largest absolute Gasteiger partial charge is 0.348 e. The van der Waals surface area contributed by atoms with E-state index in [9.17, 15) is 8.78 Å². The smallest absolute Gasteiger partial charge is 0.182 e. The van der Waals surface area contributed by atoms with E-state index >= 15 is 0 Å². The van der Waals surface area contributed by atoms with Crippen molar-refractivity contribution >= 4 is 27.7 Å². The van der Waals surface area contributed by atoms with Gasteiger partial charge in [-0.15, -0.1) is 0 Å². The maximum atomic E-state index is 11.6. The third-order valence-electron chi connectivity index (χ3n) is 0.308. The Labute approximate surface area is 53.8 Å². The average Bonchev–Trinajstić information content (AvgIpc) is 1.30. The minimum absolute atomic E-state index is 0.429. The van der Waals surface area contributed by atoms with Crippen LogP contribution in [-0.2, 0) is 0 Å². The first-order valence-corrected chi connectivity index (χ1v) is 3.55. The third kappa shape index (κ3) is 6.69. The van der Waals surface area contributed by atoms with Crippen LogP contribution in [0.25, 0.3) is 0 Å². The fourth-order valence-electron chi connectivity index (χ4n) is 0.164. The first-order valence-electron chi connectivity index (χ1n) is 1.77. The molecule has 0 fully saturated rings. The zero-order valence-electron chi connectivity index (χ0n) is 3.75. The molecule has 7 heavy (non-hydrogen) atoms. The predicted octanol–water partition coefficient (Wildman–Crippen LogP) is 2.68. The molecule has 0 saturated carbocycles. The van der Waals surface area contributed by atoms with E-state index in [1.54, 1.807) is 6.92 Å². The van der Waals surface area contributed by atoms with Crippen LogP contribution >= 0.6 is 27.7 Å². The summed E-state index contributed by atoms with van der Waals surface area (Å²) in [5, 5.41) is 0. The predicted molar refractivity (Wildman–Crippen MR) is 32.0 cm³/mol. The van der Waals surface area contributed by atoms with E-state index in [1.807, 2.05) is 0 Å². The summed E-state index contributed by atoms with van der Waals surface area (Å²) in [7, 11) is 0. The van der Waals surface area contributed by atoms with Crippen LogP contribution in [0.15, 0.2) is 0 Å². The molecule has 0 saturated heterocycles. The molecule has 0 atom stereocenters. The summed E-state index contributed by atoms with van der Waals surface area (Å²) in [5.41, 5.74) is 0. The van der Waals surface area contributed by atoms with Gasteiger partial charge in [0.2, 0.25) is 0 Å². The molecule has 0 amide bonds. The topological polar surface area (TPSA) is 0 Å². The van der Waals surface area contributed by atoms with Gasteiger partial charge in [-0.2, -0.15) is 8.78 Å². The summed E-state index contributed by atoms with van der Waals surface area (Å²) in [5.74, 6) is 0.429. The lowest BCUT2D eigenvalue weighted by Crippen LogP contribution is -1.95.